The molecule has 2 aliphatic carbocycles. The van der Waals surface area contributed by atoms with Gasteiger partial charge in [-0.25, -0.2) is 0 Å². The van der Waals surface area contributed by atoms with Gasteiger partial charge in [-0.3, -0.25) is 0 Å². The average Bonchev–Trinajstić information content (AvgIpc) is 1.60. The van der Waals surface area contributed by atoms with Crippen molar-refractivity contribution in [2.24, 2.45) is 0 Å². The van der Waals surface area contributed by atoms with Crippen molar-refractivity contribution in [2.75, 3.05) is 0 Å². The van der Waals surface area contributed by atoms with Crippen LogP contribution >= 0.6 is 0 Å². The van der Waals surface area contributed by atoms with Crippen LogP contribution in [0.5, 0.6) is 0 Å². The number of rotatable bonds is 12. The monoisotopic (exact) mass is 1230 g/mol. The third-order valence-electron chi connectivity index (χ3n) is 21.1. The number of para-hydroxylation sites is 2. The van der Waals surface area contributed by atoms with Gasteiger partial charge in [0.2, 0.25) is 0 Å². The summed E-state index contributed by atoms with van der Waals surface area (Å²) in [5.74, 6) is 0. The highest BCUT2D eigenvalue weighted by Crippen LogP contribution is 2.45. The Labute approximate surface area is 546 Å². The quantitative estimate of drug-likeness (QED) is 0.0852. The van der Waals surface area contributed by atoms with Gasteiger partial charge in [-0.1, -0.05) is 303 Å². The number of nitrogens with zero attached hydrogens (tertiary/aromatic N) is 2. The lowest BCUT2D eigenvalue weighted by molar-refractivity contribution is 1.17. The molecule has 0 atom stereocenters. The molecule has 2 nitrogen and oxygen atoms in total. The first kappa shape index (κ1) is 55.2. The van der Waals surface area contributed by atoms with Crippen molar-refractivity contribution in [3.05, 3.63) is 362 Å². The Bertz CT molecular complexity index is 5010. The summed E-state index contributed by atoms with van der Waals surface area (Å²) in [7, 11) is -8.05. The molecule has 93 heavy (non-hydrogen) atoms. The van der Waals surface area contributed by atoms with Gasteiger partial charge < -0.3 is 9.13 Å². The highest BCUT2D eigenvalue weighted by Gasteiger charge is 2.44. The maximum Gasteiger partial charge on any atom is 0.179 e. The van der Waals surface area contributed by atoms with Gasteiger partial charge in [-0.2, -0.15) is 0 Å². The lowest BCUT2D eigenvalue weighted by Crippen LogP contribution is -2.74. The van der Waals surface area contributed by atoms with Crippen molar-refractivity contribution < 1.29 is 0 Å². The van der Waals surface area contributed by atoms with Gasteiger partial charge in [-0.15, -0.1) is 0 Å². The second-order valence-electron chi connectivity index (χ2n) is 26.2. The first-order valence-corrected chi connectivity index (χ1v) is 39.8. The summed E-state index contributed by atoms with van der Waals surface area (Å²) in [5.41, 5.74) is 18.6. The fourth-order valence-corrected chi connectivity index (χ4v) is 29.9. The Hall–Kier alpha value is -10.7. The molecule has 2 heterocycles. The fourth-order valence-electron chi connectivity index (χ4n) is 17.1. The van der Waals surface area contributed by atoms with Crippen LogP contribution in [0.2, 0.25) is 13.1 Å². The zero-order valence-electron chi connectivity index (χ0n) is 52.1. The molecular formula is C88H66N2Si3. The summed E-state index contributed by atoms with van der Waals surface area (Å²) < 4.78 is 5.06. The SMILES string of the molecule is C[Si](C)(c1cccc2c1Cc1cc3c(cc1-2)c1cc([Si](c2ccccc2)(c2ccccc2)c2ccccc2)ccc1n3-c1ccccc1)c1cccc2c1Cc1cc3c(cc1-2)c1cc([Si](c2ccccc2)(c2ccccc2)c2ccccc2)ccc1n3-c1ccccc1. The third-order valence-corrected chi connectivity index (χ3v) is 34.3. The zero-order chi connectivity index (χ0) is 61.8. The van der Waals surface area contributed by atoms with E-state index in [2.05, 4.69) is 362 Å². The molecule has 0 bridgehead atoms. The Kier molecular flexibility index (Phi) is 12.9. The molecule has 0 fully saturated rings. The van der Waals surface area contributed by atoms with Crippen molar-refractivity contribution in [1.29, 1.82) is 0 Å². The largest absolute Gasteiger partial charge is 0.309 e. The summed E-state index contributed by atoms with van der Waals surface area (Å²) in [6.07, 6.45) is 1.81. The third kappa shape index (κ3) is 8.37. The molecule has 14 aromatic carbocycles. The van der Waals surface area contributed by atoms with E-state index in [1.54, 1.807) is 0 Å². The van der Waals surface area contributed by atoms with Gasteiger partial charge in [-0.05, 0) is 160 Å². The first-order valence-electron chi connectivity index (χ1n) is 32.8. The van der Waals surface area contributed by atoms with Gasteiger partial charge in [0, 0.05) is 32.9 Å². The van der Waals surface area contributed by atoms with Crippen LogP contribution in [0.1, 0.15) is 22.3 Å². The summed E-state index contributed by atoms with van der Waals surface area (Å²) >= 11 is 0. The minimum Gasteiger partial charge on any atom is -0.309 e. The molecule has 0 amide bonds. The van der Waals surface area contributed by atoms with Crippen LogP contribution in [0, 0.1) is 0 Å². The fraction of sp³-hybridized carbons (Fsp3) is 0.0455. The van der Waals surface area contributed by atoms with Crippen LogP contribution in [0.15, 0.2) is 340 Å². The van der Waals surface area contributed by atoms with Crippen molar-refractivity contribution in [1.82, 2.24) is 9.13 Å². The van der Waals surface area contributed by atoms with E-state index in [0.717, 1.165) is 12.8 Å². The lowest BCUT2D eigenvalue weighted by Gasteiger charge is -2.34. The lowest BCUT2D eigenvalue weighted by atomic mass is 10.0. The molecule has 16 aromatic rings. The van der Waals surface area contributed by atoms with E-state index in [1.165, 1.54) is 151 Å². The Morgan fingerprint density at radius 1 is 0.237 bits per heavy atom. The van der Waals surface area contributed by atoms with Crippen LogP contribution in [-0.2, 0) is 12.8 Å². The highest BCUT2D eigenvalue weighted by atomic mass is 28.3. The van der Waals surface area contributed by atoms with E-state index in [9.17, 15) is 0 Å². The van der Waals surface area contributed by atoms with Gasteiger partial charge in [0.1, 0.15) is 8.07 Å². The van der Waals surface area contributed by atoms with E-state index in [4.69, 9.17) is 0 Å². The molecule has 0 N–H and O–H groups in total. The Morgan fingerprint density at radius 3 is 0.839 bits per heavy atom. The second kappa shape index (κ2) is 21.8. The minimum atomic E-state index is -2.82. The Balaban J connectivity index is 0.785. The van der Waals surface area contributed by atoms with Gasteiger partial charge in [0.05, 0.1) is 22.1 Å². The number of benzene rings is 14. The Morgan fingerprint density at radius 2 is 0.527 bits per heavy atom. The molecule has 0 saturated heterocycles. The average molecular weight is 1240 g/mol. The highest BCUT2D eigenvalue weighted by molar-refractivity contribution is 7.20. The van der Waals surface area contributed by atoms with E-state index in [0.29, 0.717) is 0 Å². The normalized spacial score (nSPS) is 12.8. The summed E-state index contributed by atoms with van der Waals surface area (Å²) in [5, 5.41) is 19.3. The predicted molar refractivity (Wildman–Crippen MR) is 402 cm³/mol. The second-order valence-corrected chi connectivity index (χ2v) is 38.1. The summed E-state index contributed by atoms with van der Waals surface area (Å²) in [6, 6.07) is 130. The number of fused-ring (bicyclic) bond motifs is 12. The molecule has 0 spiro atoms. The topological polar surface area (TPSA) is 9.86 Å². The zero-order valence-corrected chi connectivity index (χ0v) is 55.1. The standard InChI is InChI=1S/C88H66N2Si3/c1-91(2,87-47-27-45-73-75-59-79-77-57-71(49-51-83(77)89(63-29-11-3-12-30-63)85(79)55-61(75)53-81(73)87)92(65-33-15-5-16-34-65,66-35-17-6-18-36-66)67-37-19-7-20-38-67)88-48-28-46-74-76-60-80-78-58-72(50-52-84(78)90(64-31-13-4-14-32-64)86(80)56-62(76)54-82(74)88)93(68-39-21-8-22-40-68,69-41-23-9-24-42-69)70-43-25-10-26-44-70/h3-52,55-60H,53-54H2,1-2H3. The molecule has 0 aliphatic heterocycles. The van der Waals surface area contributed by atoms with Crippen molar-refractivity contribution in [2.45, 2.75) is 25.9 Å². The van der Waals surface area contributed by atoms with Gasteiger partial charge >= 0.3 is 0 Å². The molecule has 2 aliphatic rings. The molecular weight excluding hydrogens is 1170 g/mol. The molecule has 2 aromatic heterocycles. The molecule has 0 saturated carbocycles. The molecule has 0 unspecified atom stereocenters. The number of aromatic nitrogens is 2. The molecule has 440 valence electrons. The summed E-state index contributed by atoms with van der Waals surface area (Å²) in [4.78, 5) is 0. The van der Waals surface area contributed by atoms with E-state index in [1.807, 2.05) is 0 Å². The molecule has 18 rings (SSSR count). The first-order chi connectivity index (χ1) is 45.9. The van der Waals surface area contributed by atoms with Crippen LogP contribution in [-0.4, -0.2) is 33.4 Å². The molecule has 5 heteroatoms. The van der Waals surface area contributed by atoms with Crippen molar-refractivity contribution in [3.8, 4) is 33.6 Å². The molecule has 0 radical (unpaired) electrons. The van der Waals surface area contributed by atoms with Gasteiger partial charge in [0.15, 0.2) is 16.1 Å². The van der Waals surface area contributed by atoms with Crippen molar-refractivity contribution in [3.63, 3.8) is 0 Å². The van der Waals surface area contributed by atoms with Crippen molar-refractivity contribution >= 4 is 120 Å². The minimum absolute atomic E-state index is 0.905. The maximum atomic E-state index is 2.62. The van der Waals surface area contributed by atoms with Crippen LogP contribution in [0.25, 0.3) is 77.2 Å². The smallest absolute Gasteiger partial charge is 0.179 e. The van der Waals surface area contributed by atoms with Gasteiger partial charge in [0.25, 0.3) is 0 Å². The number of hydrogen-bond donors (Lipinski definition) is 0. The van der Waals surface area contributed by atoms with Crippen LogP contribution in [0.4, 0.5) is 0 Å². The van der Waals surface area contributed by atoms with E-state index in [-0.39, 0.29) is 0 Å². The van der Waals surface area contributed by atoms with E-state index >= 15 is 0 Å². The predicted octanol–water partition coefficient (Wildman–Crippen LogP) is 14.6. The summed E-state index contributed by atoms with van der Waals surface area (Å²) in [6.45, 7) is 5.25. The maximum absolute atomic E-state index is 2.82. The van der Waals surface area contributed by atoms with E-state index < -0.39 is 24.2 Å². The number of hydrogen-bond acceptors (Lipinski definition) is 0. The van der Waals surface area contributed by atoms with Crippen LogP contribution in [0.3, 0.4) is 0 Å². The van der Waals surface area contributed by atoms with Crippen LogP contribution < -0.4 is 51.9 Å².